The van der Waals surface area contributed by atoms with Gasteiger partial charge in [0, 0.05) is 0 Å². The zero-order valence-electron chi connectivity index (χ0n) is 19.7. The predicted octanol–water partition coefficient (Wildman–Crippen LogP) is 3.32. The molecule has 8 heteroatoms. The molecule has 0 radical (unpaired) electrons. The van der Waals surface area contributed by atoms with Gasteiger partial charge in [0.1, 0.15) is 5.75 Å². The van der Waals surface area contributed by atoms with Gasteiger partial charge in [-0.2, -0.15) is 0 Å². The van der Waals surface area contributed by atoms with E-state index in [1.807, 2.05) is 56.3 Å². The van der Waals surface area contributed by atoms with Crippen molar-refractivity contribution in [1.29, 1.82) is 0 Å². The lowest BCUT2D eigenvalue weighted by Crippen LogP contribution is -2.37. The fourth-order valence-corrected chi connectivity index (χ4v) is 2.87. The number of amides is 1. The molecule has 1 atom stereocenters. The molecule has 0 aliphatic carbocycles. The van der Waals surface area contributed by atoms with E-state index in [2.05, 4.69) is 0 Å². The molecule has 1 amide bonds. The van der Waals surface area contributed by atoms with E-state index in [0.717, 1.165) is 11.1 Å². The molecule has 0 saturated carbocycles. The smallest absolute Gasteiger partial charge is 0.234 e. The average molecular weight is 446 g/mol. The summed E-state index contributed by atoms with van der Waals surface area (Å²) in [6, 6.07) is 8.92. The van der Waals surface area contributed by atoms with Gasteiger partial charge in [-0.05, 0) is 47.7 Å². The maximum Gasteiger partial charge on any atom is 0.234 e. The number of hydrogen-bond acceptors (Lipinski definition) is 7. The molecule has 0 heterocycles. The van der Waals surface area contributed by atoms with Crippen LogP contribution in [0.5, 0.6) is 23.0 Å². The molecule has 6 N–H and O–H groups in total. The van der Waals surface area contributed by atoms with E-state index >= 15 is 0 Å². The molecule has 2 aromatic rings. The van der Waals surface area contributed by atoms with E-state index in [1.165, 1.54) is 0 Å². The number of carbonyl (C=O) groups is 1. The highest BCUT2D eigenvalue weighted by Crippen LogP contribution is 2.38. The first-order valence-corrected chi connectivity index (χ1v) is 10.1. The Kier molecular flexibility index (Phi) is 10.9. The molecule has 2 aromatic carbocycles. The highest BCUT2D eigenvalue weighted by atomic mass is 16.5. The zero-order valence-corrected chi connectivity index (χ0v) is 19.7. The number of methoxy groups -OCH3 is 4. The topological polar surface area (TPSA) is 132 Å². The number of benzene rings is 2. The Morgan fingerprint density at radius 2 is 1.41 bits per heavy atom. The average Bonchev–Trinajstić information content (AvgIpc) is 2.76. The molecule has 0 aliphatic heterocycles. The number of rotatable bonds is 9. The van der Waals surface area contributed by atoms with Crippen LogP contribution in [0.15, 0.2) is 30.3 Å². The fraction of sp³-hybridized carbons (Fsp3) is 0.375. The summed E-state index contributed by atoms with van der Waals surface area (Å²) in [6.07, 6.45) is 4.58. The van der Waals surface area contributed by atoms with Crippen molar-refractivity contribution in [1.82, 2.24) is 0 Å². The van der Waals surface area contributed by atoms with Crippen molar-refractivity contribution in [3.05, 3.63) is 41.5 Å². The van der Waals surface area contributed by atoms with E-state index in [-0.39, 0.29) is 0 Å². The summed E-state index contributed by atoms with van der Waals surface area (Å²) in [5.41, 5.74) is 18.7. The van der Waals surface area contributed by atoms with E-state index in [9.17, 15) is 4.79 Å². The minimum atomic E-state index is -0.468. The Hall–Kier alpha value is -3.39. The number of ether oxygens (including phenoxy) is 4. The first-order chi connectivity index (χ1) is 15.2. The zero-order chi connectivity index (χ0) is 24.3. The Balaban J connectivity index is 0.000000482. The van der Waals surface area contributed by atoms with Gasteiger partial charge in [0.05, 0.1) is 40.2 Å². The van der Waals surface area contributed by atoms with Crippen molar-refractivity contribution in [2.75, 3.05) is 34.2 Å². The van der Waals surface area contributed by atoms with Crippen molar-refractivity contribution >= 4 is 23.7 Å². The van der Waals surface area contributed by atoms with Gasteiger partial charge in [0.25, 0.3) is 0 Å². The number of primary amides is 1. The van der Waals surface area contributed by atoms with Crippen LogP contribution < -0.4 is 36.1 Å². The van der Waals surface area contributed by atoms with Crippen LogP contribution in [0.4, 0.5) is 5.69 Å². The molecule has 2 rings (SSSR count). The van der Waals surface area contributed by atoms with Crippen LogP contribution in [-0.4, -0.2) is 40.4 Å². The SMILES string of the molecule is CC(C)C[C@@H](N)C(N)=O.COc1ccc(C=Cc2cc(OC)c(OC)c(OC)c2)cc1N. The van der Waals surface area contributed by atoms with Gasteiger partial charge in [-0.15, -0.1) is 0 Å². The summed E-state index contributed by atoms with van der Waals surface area (Å²) in [4.78, 5) is 10.3. The van der Waals surface area contributed by atoms with Gasteiger partial charge in [-0.25, -0.2) is 0 Å². The third-order valence-electron chi connectivity index (χ3n) is 4.50. The second-order valence-corrected chi connectivity index (χ2v) is 7.43. The van der Waals surface area contributed by atoms with Crippen LogP contribution in [0.3, 0.4) is 0 Å². The Labute approximate surface area is 190 Å². The molecule has 0 saturated heterocycles. The van der Waals surface area contributed by atoms with Crippen LogP contribution in [0.25, 0.3) is 12.2 Å². The molecule has 0 aliphatic rings. The lowest BCUT2D eigenvalue weighted by atomic mass is 10.0. The molecule has 0 spiro atoms. The molecule has 0 bridgehead atoms. The van der Waals surface area contributed by atoms with Crippen LogP contribution >= 0.6 is 0 Å². The van der Waals surface area contributed by atoms with Gasteiger partial charge < -0.3 is 36.1 Å². The maximum atomic E-state index is 10.3. The van der Waals surface area contributed by atoms with Gasteiger partial charge >= 0.3 is 0 Å². The van der Waals surface area contributed by atoms with Crippen molar-refractivity contribution in [2.45, 2.75) is 26.3 Å². The monoisotopic (exact) mass is 445 g/mol. The predicted molar refractivity (Wildman–Crippen MR) is 129 cm³/mol. The Bertz CT molecular complexity index is 887. The van der Waals surface area contributed by atoms with Gasteiger partial charge in [-0.1, -0.05) is 32.1 Å². The van der Waals surface area contributed by atoms with Crippen molar-refractivity contribution in [2.24, 2.45) is 17.4 Å². The molecule has 0 aromatic heterocycles. The summed E-state index contributed by atoms with van der Waals surface area (Å²) >= 11 is 0. The van der Waals surface area contributed by atoms with Gasteiger partial charge in [-0.3, -0.25) is 4.79 Å². The highest BCUT2D eigenvalue weighted by Gasteiger charge is 2.12. The fourth-order valence-electron chi connectivity index (χ4n) is 2.87. The summed E-state index contributed by atoms with van der Waals surface area (Å²) in [6.45, 7) is 4.01. The molecule has 176 valence electrons. The van der Waals surface area contributed by atoms with E-state index in [1.54, 1.807) is 28.4 Å². The number of hydrogen-bond donors (Lipinski definition) is 3. The summed E-state index contributed by atoms with van der Waals surface area (Å²) < 4.78 is 21.2. The van der Waals surface area contributed by atoms with Crippen molar-refractivity contribution in [3.63, 3.8) is 0 Å². The second kappa shape index (κ2) is 13.1. The van der Waals surface area contributed by atoms with Crippen LogP contribution in [0.1, 0.15) is 31.4 Å². The van der Waals surface area contributed by atoms with Crippen LogP contribution in [0, 0.1) is 5.92 Å². The molecule has 8 nitrogen and oxygen atoms in total. The lowest BCUT2D eigenvalue weighted by molar-refractivity contribution is -0.119. The molecule has 0 unspecified atom stereocenters. The number of carbonyl (C=O) groups excluding carboxylic acids is 1. The van der Waals surface area contributed by atoms with Gasteiger partial charge in [0.2, 0.25) is 11.7 Å². The lowest BCUT2D eigenvalue weighted by Gasteiger charge is -2.12. The van der Waals surface area contributed by atoms with E-state index in [0.29, 0.717) is 41.0 Å². The highest BCUT2D eigenvalue weighted by molar-refractivity contribution is 5.79. The first kappa shape index (κ1) is 26.6. The maximum absolute atomic E-state index is 10.3. The minimum absolute atomic E-state index is 0.413. The quantitative estimate of drug-likeness (QED) is 0.398. The molecular weight excluding hydrogens is 410 g/mol. The normalized spacial score (nSPS) is 11.5. The largest absolute Gasteiger partial charge is 0.495 e. The second-order valence-electron chi connectivity index (χ2n) is 7.43. The standard InChI is InChI=1S/C18H21NO4.C6H14N2O/c1-20-15-8-7-12(9-14(15)19)5-6-13-10-16(21-2)18(23-4)17(11-13)22-3;1-4(2)3-5(7)6(8)9/h5-11H,19H2,1-4H3;4-5H,3,7H2,1-2H3,(H2,8,9)/t;5-/m.1/s1. The summed E-state index contributed by atoms with van der Waals surface area (Å²) in [5, 5.41) is 0. The Morgan fingerprint density at radius 1 is 0.875 bits per heavy atom. The molecular formula is C24H35N3O5. The van der Waals surface area contributed by atoms with Gasteiger partial charge in [0.15, 0.2) is 11.5 Å². The van der Waals surface area contributed by atoms with Crippen LogP contribution in [0.2, 0.25) is 0 Å². The number of nitrogen functional groups attached to an aromatic ring is 1. The minimum Gasteiger partial charge on any atom is -0.495 e. The number of anilines is 1. The first-order valence-electron chi connectivity index (χ1n) is 10.1. The third kappa shape index (κ3) is 8.03. The third-order valence-corrected chi connectivity index (χ3v) is 4.50. The van der Waals surface area contributed by atoms with Crippen LogP contribution in [-0.2, 0) is 4.79 Å². The Morgan fingerprint density at radius 3 is 1.78 bits per heavy atom. The molecule has 32 heavy (non-hydrogen) atoms. The van der Waals surface area contributed by atoms with E-state index < -0.39 is 11.9 Å². The van der Waals surface area contributed by atoms with E-state index in [4.69, 9.17) is 36.1 Å². The summed E-state index contributed by atoms with van der Waals surface area (Å²) in [5.74, 6) is 2.48. The summed E-state index contributed by atoms with van der Waals surface area (Å²) in [7, 11) is 6.36. The van der Waals surface area contributed by atoms with Crippen molar-refractivity contribution in [3.8, 4) is 23.0 Å². The molecule has 0 fully saturated rings. The van der Waals surface area contributed by atoms with Crippen molar-refractivity contribution < 1.29 is 23.7 Å². The number of nitrogens with two attached hydrogens (primary N) is 3.